The van der Waals surface area contributed by atoms with Crippen LogP contribution in [0.4, 0.5) is 5.13 Å². The molecule has 12 heavy (non-hydrogen) atoms. The van der Waals surface area contributed by atoms with Crippen molar-refractivity contribution in [1.29, 1.82) is 0 Å². The maximum absolute atomic E-state index is 4.35. The van der Waals surface area contributed by atoms with Crippen LogP contribution >= 0.6 is 11.3 Å². The third-order valence-electron chi connectivity index (χ3n) is 1.40. The summed E-state index contributed by atoms with van der Waals surface area (Å²) >= 11 is 1.74. The van der Waals surface area contributed by atoms with Gasteiger partial charge in [-0.1, -0.05) is 13.8 Å². The number of anilines is 1. The molecule has 1 aromatic rings. The summed E-state index contributed by atoms with van der Waals surface area (Å²) in [5, 5.41) is 1.09. The Morgan fingerprint density at radius 2 is 1.67 bits per heavy atom. The van der Waals surface area contributed by atoms with E-state index in [-0.39, 0.29) is 0 Å². The first kappa shape index (κ1) is 11.4. The summed E-state index contributed by atoms with van der Waals surface area (Å²) in [6.45, 7) is 8.14. The highest BCUT2D eigenvalue weighted by Crippen LogP contribution is 2.22. The van der Waals surface area contributed by atoms with Gasteiger partial charge >= 0.3 is 0 Å². The molecular formula is C9H18N2S. The Kier molecular flexibility index (Phi) is 4.90. The lowest BCUT2D eigenvalue weighted by atomic mass is 10.4. The fraction of sp³-hybridized carbons (Fsp3) is 0.667. The molecule has 0 amide bonds. The summed E-state index contributed by atoms with van der Waals surface area (Å²) in [7, 11) is 4.02. The molecule has 0 aliphatic carbocycles. The number of hydrogen-bond donors (Lipinski definition) is 0. The SMILES string of the molecule is CC.Cc1nc(N(C)C)sc1C. The Bertz CT molecular complexity index is 209. The molecule has 0 saturated carbocycles. The predicted octanol–water partition coefficient (Wildman–Crippen LogP) is 2.85. The van der Waals surface area contributed by atoms with E-state index in [1.54, 1.807) is 11.3 Å². The fourth-order valence-electron chi connectivity index (χ4n) is 0.647. The first-order chi connectivity index (χ1) is 5.61. The van der Waals surface area contributed by atoms with Crippen molar-refractivity contribution in [2.24, 2.45) is 0 Å². The maximum Gasteiger partial charge on any atom is 0.185 e. The minimum atomic E-state index is 1.09. The lowest BCUT2D eigenvalue weighted by Gasteiger charge is -2.04. The van der Waals surface area contributed by atoms with Crippen molar-refractivity contribution in [2.45, 2.75) is 27.7 Å². The van der Waals surface area contributed by atoms with Crippen LogP contribution in [0.15, 0.2) is 0 Å². The molecule has 1 heterocycles. The summed E-state index contributed by atoms with van der Waals surface area (Å²) < 4.78 is 0. The van der Waals surface area contributed by atoms with Gasteiger partial charge in [0.25, 0.3) is 0 Å². The zero-order chi connectivity index (χ0) is 9.72. The molecule has 2 nitrogen and oxygen atoms in total. The maximum atomic E-state index is 4.35. The van der Waals surface area contributed by atoms with E-state index in [0.717, 1.165) is 10.8 Å². The van der Waals surface area contributed by atoms with Crippen LogP contribution in [0.2, 0.25) is 0 Å². The monoisotopic (exact) mass is 186 g/mol. The topological polar surface area (TPSA) is 16.1 Å². The van der Waals surface area contributed by atoms with Crippen molar-refractivity contribution >= 4 is 16.5 Å². The zero-order valence-electron chi connectivity index (χ0n) is 8.80. The third kappa shape index (κ3) is 2.81. The van der Waals surface area contributed by atoms with Crippen molar-refractivity contribution in [3.63, 3.8) is 0 Å². The molecule has 0 unspecified atom stereocenters. The first-order valence-electron chi connectivity index (χ1n) is 4.22. The molecule has 0 saturated heterocycles. The molecule has 0 aliphatic heterocycles. The fourth-order valence-corrected chi connectivity index (χ4v) is 1.48. The number of thiazole rings is 1. The molecule has 0 fully saturated rings. The van der Waals surface area contributed by atoms with Gasteiger partial charge in [0.05, 0.1) is 5.69 Å². The summed E-state index contributed by atoms with van der Waals surface area (Å²) in [5.74, 6) is 0. The predicted molar refractivity (Wildman–Crippen MR) is 57.3 cm³/mol. The summed E-state index contributed by atoms with van der Waals surface area (Å²) in [6.07, 6.45) is 0. The van der Waals surface area contributed by atoms with Gasteiger partial charge in [0.15, 0.2) is 5.13 Å². The normalized spacial score (nSPS) is 8.83. The van der Waals surface area contributed by atoms with Gasteiger partial charge in [0.2, 0.25) is 0 Å². The number of rotatable bonds is 1. The second kappa shape index (κ2) is 5.14. The largest absolute Gasteiger partial charge is 0.354 e. The number of hydrogen-bond acceptors (Lipinski definition) is 3. The van der Waals surface area contributed by atoms with Crippen LogP contribution < -0.4 is 4.90 Å². The van der Waals surface area contributed by atoms with E-state index >= 15 is 0 Å². The highest BCUT2D eigenvalue weighted by atomic mass is 32.1. The third-order valence-corrected chi connectivity index (χ3v) is 2.64. The van der Waals surface area contributed by atoms with Gasteiger partial charge in [-0.15, -0.1) is 11.3 Å². The van der Waals surface area contributed by atoms with Crippen molar-refractivity contribution in [2.75, 3.05) is 19.0 Å². The van der Waals surface area contributed by atoms with Gasteiger partial charge in [-0.3, -0.25) is 0 Å². The number of nitrogens with zero attached hydrogens (tertiary/aromatic N) is 2. The lowest BCUT2D eigenvalue weighted by Crippen LogP contribution is -2.07. The van der Waals surface area contributed by atoms with Crippen LogP contribution in [-0.2, 0) is 0 Å². The van der Waals surface area contributed by atoms with Crippen LogP contribution in [-0.4, -0.2) is 19.1 Å². The average molecular weight is 186 g/mol. The van der Waals surface area contributed by atoms with Gasteiger partial charge in [-0.2, -0.15) is 0 Å². The van der Waals surface area contributed by atoms with E-state index in [9.17, 15) is 0 Å². The standard InChI is InChI=1S/C7H12N2S.C2H6/c1-5-6(2)10-7(8-5)9(3)4;1-2/h1-4H3;1-2H3. The van der Waals surface area contributed by atoms with Crippen LogP contribution in [0.1, 0.15) is 24.4 Å². The van der Waals surface area contributed by atoms with Gasteiger partial charge in [-0.25, -0.2) is 4.98 Å². The van der Waals surface area contributed by atoms with Crippen molar-refractivity contribution < 1.29 is 0 Å². The Balaban J connectivity index is 0.000000561. The average Bonchev–Trinajstić information content (AvgIpc) is 2.36. The Morgan fingerprint density at radius 1 is 1.17 bits per heavy atom. The molecule has 0 radical (unpaired) electrons. The summed E-state index contributed by atoms with van der Waals surface area (Å²) in [5.41, 5.74) is 1.15. The molecular weight excluding hydrogens is 168 g/mol. The molecule has 0 spiro atoms. The Morgan fingerprint density at radius 3 is 1.83 bits per heavy atom. The molecule has 1 rings (SSSR count). The molecule has 70 valence electrons. The molecule has 0 bridgehead atoms. The van der Waals surface area contributed by atoms with Crippen LogP contribution in [0.25, 0.3) is 0 Å². The van der Waals surface area contributed by atoms with Gasteiger partial charge in [0.1, 0.15) is 0 Å². The van der Waals surface area contributed by atoms with E-state index in [1.807, 2.05) is 39.8 Å². The second-order valence-electron chi connectivity index (χ2n) is 2.53. The van der Waals surface area contributed by atoms with E-state index in [2.05, 4.69) is 11.9 Å². The quantitative estimate of drug-likeness (QED) is 0.670. The van der Waals surface area contributed by atoms with Crippen LogP contribution in [0, 0.1) is 13.8 Å². The Labute approximate surface area is 79.2 Å². The van der Waals surface area contributed by atoms with Gasteiger partial charge < -0.3 is 4.90 Å². The molecule has 3 heteroatoms. The van der Waals surface area contributed by atoms with Crippen molar-refractivity contribution in [3.8, 4) is 0 Å². The first-order valence-corrected chi connectivity index (χ1v) is 5.04. The second-order valence-corrected chi connectivity index (χ2v) is 3.71. The Hall–Kier alpha value is -0.570. The smallest absolute Gasteiger partial charge is 0.185 e. The molecule has 0 aromatic carbocycles. The molecule has 1 aromatic heterocycles. The van der Waals surface area contributed by atoms with Gasteiger partial charge in [-0.05, 0) is 13.8 Å². The number of aryl methyl sites for hydroxylation is 2. The lowest BCUT2D eigenvalue weighted by molar-refractivity contribution is 1.08. The minimum absolute atomic E-state index is 1.09. The summed E-state index contributed by atoms with van der Waals surface area (Å²) in [6, 6.07) is 0. The van der Waals surface area contributed by atoms with Gasteiger partial charge in [0, 0.05) is 19.0 Å². The van der Waals surface area contributed by atoms with E-state index in [0.29, 0.717) is 0 Å². The summed E-state index contributed by atoms with van der Waals surface area (Å²) in [4.78, 5) is 7.70. The molecule has 0 atom stereocenters. The zero-order valence-corrected chi connectivity index (χ0v) is 9.62. The van der Waals surface area contributed by atoms with Crippen LogP contribution in [0.3, 0.4) is 0 Å². The van der Waals surface area contributed by atoms with E-state index < -0.39 is 0 Å². The highest BCUT2D eigenvalue weighted by Gasteiger charge is 2.03. The van der Waals surface area contributed by atoms with Crippen LogP contribution in [0.5, 0.6) is 0 Å². The van der Waals surface area contributed by atoms with Crippen molar-refractivity contribution in [3.05, 3.63) is 10.6 Å². The van der Waals surface area contributed by atoms with Crippen molar-refractivity contribution in [1.82, 2.24) is 4.98 Å². The highest BCUT2D eigenvalue weighted by molar-refractivity contribution is 7.15. The number of aromatic nitrogens is 1. The molecule has 0 aliphatic rings. The van der Waals surface area contributed by atoms with E-state index in [1.165, 1.54) is 4.88 Å². The van der Waals surface area contributed by atoms with E-state index in [4.69, 9.17) is 0 Å². The minimum Gasteiger partial charge on any atom is -0.354 e. The molecule has 0 N–H and O–H groups in total.